The number of rotatable bonds is 6. The molecule has 4 aromatic rings. The summed E-state index contributed by atoms with van der Waals surface area (Å²) in [7, 11) is 1.68. The third-order valence-corrected chi connectivity index (χ3v) is 6.45. The van der Waals surface area contributed by atoms with Gasteiger partial charge >= 0.3 is 0 Å². The maximum Gasteiger partial charge on any atom is 0.166 e. The monoisotopic (exact) mass is 444 g/mol. The summed E-state index contributed by atoms with van der Waals surface area (Å²) in [5, 5.41) is 14.2. The van der Waals surface area contributed by atoms with Crippen LogP contribution in [0.2, 0.25) is 0 Å². The van der Waals surface area contributed by atoms with E-state index in [1.165, 1.54) is 4.90 Å². The first-order valence-corrected chi connectivity index (χ1v) is 11.5. The molecule has 7 heteroatoms. The van der Waals surface area contributed by atoms with E-state index in [1.54, 1.807) is 7.11 Å². The van der Waals surface area contributed by atoms with Gasteiger partial charge in [-0.2, -0.15) is 9.61 Å². The Bertz CT molecular complexity index is 1230. The van der Waals surface area contributed by atoms with Crippen LogP contribution in [0.4, 0.5) is 5.82 Å². The minimum Gasteiger partial charge on any atom is -0.497 e. The largest absolute Gasteiger partial charge is 0.497 e. The molecular formula is C26H30N5O2+. The number of nitrogens with zero attached hydrogens (tertiary/aromatic N) is 4. The van der Waals surface area contributed by atoms with Crippen molar-refractivity contribution in [1.29, 1.82) is 0 Å². The van der Waals surface area contributed by atoms with E-state index < -0.39 is 0 Å². The smallest absolute Gasteiger partial charge is 0.166 e. The lowest BCUT2D eigenvalue weighted by molar-refractivity contribution is -0.900. The van der Waals surface area contributed by atoms with Crippen molar-refractivity contribution in [1.82, 2.24) is 14.6 Å². The number of hydrogen-bond donors (Lipinski definition) is 2. The molecule has 0 unspecified atom stereocenters. The van der Waals surface area contributed by atoms with Crippen LogP contribution in [0.5, 0.6) is 5.75 Å². The van der Waals surface area contributed by atoms with Gasteiger partial charge < -0.3 is 19.6 Å². The van der Waals surface area contributed by atoms with Crippen molar-refractivity contribution in [2.75, 3.05) is 51.3 Å². The average molecular weight is 445 g/mol. The van der Waals surface area contributed by atoms with Crippen LogP contribution in [0.1, 0.15) is 5.69 Å². The molecule has 3 heterocycles. The first-order valence-electron chi connectivity index (χ1n) is 11.5. The highest BCUT2D eigenvalue weighted by Crippen LogP contribution is 2.33. The second-order valence-corrected chi connectivity index (χ2v) is 8.50. The van der Waals surface area contributed by atoms with E-state index in [9.17, 15) is 5.11 Å². The van der Waals surface area contributed by atoms with Crippen LogP contribution >= 0.6 is 0 Å². The number of piperazine rings is 1. The molecule has 0 bridgehead atoms. The molecule has 1 aliphatic rings. The first-order chi connectivity index (χ1) is 16.2. The molecule has 0 aliphatic carbocycles. The molecule has 0 spiro atoms. The lowest BCUT2D eigenvalue weighted by atomic mass is 10.1. The molecule has 1 fully saturated rings. The number of benzene rings is 2. The normalized spacial score (nSPS) is 14.7. The van der Waals surface area contributed by atoms with Gasteiger partial charge in [-0.3, -0.25) is 0 Å². The number of aryl methyl sites for hydroxylation is 1. The second kappa shape index (κ2) is 9.21. The first kappa shape index (κ1) is 21.4. The van der Waals surface area contributed by atoms with Gasteiger partial charge in [0.05, 0.1) is 51.3 Å². The Morgan fingerprint density at radius 3 is 2.39 bits per heavy atom. The minimum absolute atomic E-state index is 0.233. The SMILES string of the molecule is COc1ccc(-c2c(C)nn3c(N4CC[NH+](CCO)CC4)cc(-c4ccccc4)nc23)cc1. The average Bonchev–Trinajstić information content (AvgIpc) is 3.20. The summed E-state index contributed by atoms with van der Waals surface area (Å²) in [6.07, 6.45) is 0. The summed E-state index contributed by atoms with van der Waals surface area (Å²) < 4.78 is 7.34. The summed E-state index contributed by atoms with van der Waals surface area (Å²) >= 11 is 0. The standard InChI is InChI=1S/C26H29N5O2/c1-19-25(21-8-10-22(33-2)11-9-21)26-27-23(20-6-4-3-5-7-20)18-24(31(26)28-19)30-14-12-29(13-15-30)16-17-32/h3-11,18,32H,12-17H2,1-2H3/p+1. The third-order valence-electron chi connectivity index (χ3n) is 6.45. The minimum atomic E-state index is 0.233. The summed E-state index contributed by atoms with van der Waals surface area (Å²) in [4.78, 5) is 8.93. The number of ether oxygens (including phenoxy) is 1. The fraction of sp³-hybridized carbons (Fsp3) is 0.308. The van der Waals surface area contributed by atoms with Gasteiger partial charge in [-0.05, 0) is 24.6 Å². The number of aliphatic hydroxyl groups excluding tert-OH is 1. The van der Waals surface area contributed by atoms with Crippen LogP contribution in [0, 0.1) is 6.92 Å². The molecular weight excluding hydrogens is 414 g/mol. The Hall–Kier alpha value is -3.42. The molecule has 2 aromatic carbocycles. The van der Waals surface area contributed by atoms with E-state index in [2.05, 4.69) is 35.2 Å². The van der Waals surface area contributed by atoms with E-state index in [0.717, 1.165) is 78.0 Å². The van der Waals surface area contributed by atoms with Gasteiger partial charge in [0, 0.05) is 17.2 Å². The topological polar surface area (TPSA) is 67.3 Å². The van der Waals surface area contributed by atoms with Crippen molar-refractivity contribution in [2.45, 2.75) is 6.92 Å². The Morgan fingerprint density at radius 2 is 1.73 bits per heavy atom. The molecule has 1 saturated heterocycles. The van der Waals surface area contributed by atoms with Crippen LogP contribution in [-0.4, -0.2) is 66.1 Å². The Morgan fingerprint density at radius 1 is 1.00 bits per heavy atom. The summed E-state index contributed by atoms with van der Waals surface area (Å²) in [6.45, 7) is 6.91. The van der Waals surface area contributed by atoms with E-state index in [0.29, 0.717) is 0 Å². The van der Waals surface area contributed by atoms with E-state index in [-0.39, 0.29) is 6.61 Å². The van der Waals surface area contributed by atoms with Crippen molar-refractivity contribution < 1.29 is 14.7 Å². The summed E-state index contributed by atoms with van der Waals surface area (Å²) in [5.74, 6) is 1.89. The van der Waals surface area contributed by atoms with Gasteiger partial charge in [0.1, 0.15) is 18.1 Å². The van der Waals surface area contributed by atoms with Crippen molar-refractivity contribution in [3.8, 4) is 28.1 Å². The van der Waals surface area contributed by atoms with E-state index >= 15 is 0 Å². The molecule has 5 rings (SSSR count). The maximum atomic E-state index is 9.32. The molecule has 0 radical (unpaired) electrons. The highest BCUT2D eigenvalue weighted by molar-refractivity contribution is 5.83. The number of nitrogens with one attached hydrogen (secondary N) is 1. The highest BCUT2D eigenvalue weighted by atomic mass is 16.5. The number of hydrogen-bond acceptors (Lipinski definition) is 5. The molecule has 2 aromatic heterocycles. The number of quaternary nitrogens is 1. The summed E-state index contributed by atoms with van der Waals surface area (Å²) in [6, 6.07) is 20.6. The van der Waals surface area contributed by atoms with Gasteiger partial charge in [0.15, 0.2) is 5.65 Å². The van der Waals surface area contributed by atoms with Gasteiger partial charge in [-0.1, -0.05) is 42.5 Å². The van der Waals surface area contributed by atoms with Gasteiger partial charge in [-0.25, -0.2) is 4.98 Å². The van der Waals surface area contributed by atoms with Gasteiger partial charge in [-0.15, -0.1) is 0 Å². The molecule has 0 atom stereocenters. The quantitative estimate of drug-likeness (QED) is 0.477. The number of aliphatic hydroxyl groups is 1. The Balaban J connectivity index is 1.64. The predicted molar refractivity (Wildman–Crippen MR) is 130 cm³/mol. The summed E-state index contributed by atoms with van der Waals surface area (Å²) in [5.41, 5.74) is 5.96. The van der Waals surface area contributed by atoms with E-state index in [4.69, 9.17) is 14.8 Å². The number of aromatic nitrogens is 3. The van der Waals surface area contributed by atoms with Crippen molar-refractivity contribution in [3.05, 3.63) is 66.4 Å². The molecule has 2 N–H and O–H groups in total. The van der Waals surface area contributed by atoms with Crippen molar-refractivity contribution in [3.63, 3.8) is 0 Å². The zero-order valence-corrected chi connectivity index (χ0v) is 19.2. The van der Waals surface area contributed by atoms with Crippen LogP contribution < -0.4 is 14.5 Å². The molecule has 170 valence electrons. The van der Waals surface area contributed by atoms with Crippen LogP contribution in [0.25, 0.3) is 28.0 Å². The Kier molecular flexibility index (Phi) is 5.98. The predicted octanol–water partition coefficient (Wildman–Crippen LogP) is 2.08. The molecule has 0 amide bonds. The molecule has 33 heavy (non-hydrogen) atoms. The zero-order chi connectivity index (χ0) is 22.8. The van der Waals surface area contributed by atoms with Crippen molar-refractivity contribution >= 4 is 11.5 Å². The number of anilines is 1. The zero-order valence-electron chi connectivity index (χ0n) is 19.2. The van der Waals surface area contributed by atoms with Crippen LogP contribution in [-0.2, 0) is 0 Å². The fourth-order valence-corrected chi connectivity index (χ4v) is 4.65. The maximum absolute atomic E-state index is 9.32. The van der Waals surface area contributed by atoms with Crippen molar-refractivity contribution in [2.24, 2.45) is 0 Å². The Labute approximate surface area is 193 Å². The second-order valence-electron chi connectivity index (χ2n) is 8.50. The fourth-order valence-electron chi connectivity index (χ4n) is 4.65. The third kappa shape index (κ3) is 4.17. The molecule has 1 aliphatic heterocycles. The lowest BCUT2D eigenvalue weighted by Crippen LogP contribution is -3.15. The van der Waals surface area contributed by atoms with Gasteiger partial charge in [0.25, 0.3) is 0 Å². The number of fused-ring (bicyclic) bond motifs is 1. The molecule has 0 saturated carbocycles. The highest BCUT2D eigenvalue weighted by Gasteiger charge is 2.25. The van der Waals surface area contributed by atoms with E-state index in [1.807, 2.05) is 41.8 Å². The van der Waals surface area contributed by atoms with Gasteiger partial charge in [0.2, 0.25) is 0 Å². The molecule has 7 nitrogen and oxygen atoms in total. The van der Waals surface area contributed by atoms with Crippen LogP contribution in [0.15, 0.2) is 60.7 Å². The number of methoxy groups -OCH3 is 1. The lowest BCUT2D eigenvalue weighted by Gasteiger charge is -2.33. The van der Waals surface area contributed by atoms with Crippen LogP contribution in [0.3, 0.4) is 0 Å².